The summed E-state index contributed by atoms with van der Waals surface area (Å²) in [6, 6.07) is 13.9. The zero-order valence-corrected chi connectivity index (χ0v) is 17.3. The number of nitrogens with zero attached hydrogens (tertiary/aromatic N) is 1. The minimum Gasteiger partial charge on any atom is -0.497 e. The number of carbonyl (C=O) groups is 1. The second-order valence-corrected chi connectivity index (χ2v) is 7.83. The fourth-order valence-corrected chi connectivity index (χ4v) is 4.13. The molecule has 0 aliphatic carbocycles. The van der Waals surface area contributed by atoms with Crippen LogP contribution in [-0.2, 0) is 4.79 Å². The van der Waals surface area contributed by atoms with Gasteiger partial charge in [0, 0.05) is 30.2 Å². The molecule has 1 unspecified atom stereocenters. The molecule has 5 nitrogen and oxygen atoms in total. The SMILES string of the molecule is COc1ccc2[nH]cc(C3CCN(C(=O)C(C)Oc4ccc(C)cc4)CC3)c2c1. The lowest BCUT2D eigenvalue weighted by atomic mass is 9.89. The van der Waals surface area contributed by atoms with Gasteiger partial charge in [0.05, 0.1) is 7.11 Å². The molecule has 2 aromatic carbocycles. The van der Waals surface area contributed by atoms with Gasteiger partial charge in [-0.05, 0) is 68.5 Å². The summed E-state index contributed by atoms with van der Waals surface area (Å²) in [7, 11) is 1.69. The van der Waals surface area contributed by atoms with Crippen LogP contribution in [0.25, 0.3) is 10.9 Å². The van der Waals surface area contributed by atoms with Crippen molar-refractivity contribution in [1.29, 1.82) is 0 Å². The number of benzene rings is 2. The number of likely N-dealkylation sites (tertiary alicyclic amines) is 1. The first kappa shape index (κ1) is 19.4. The Morgan fingerprint density at radius 2 is 1.79 bits per heavy atom. The quantitative estimate of drug-likeness (QED) is 0.687. The van der Waals surface area contributed by atoms with Crippen LogP contribution in [0.1, 0.15) is 36.8 Å². The van der Waals surface area contributed by atoms with Crippen LogP contribution in [-0.4, -0.2) is 42.1 Å². The van der Waals surface area contributed by atoms with E-state index >= 15 is 0 Å². The van der Waals surface area contributed by atoms with Gasteiger partial charge in [-0.25, -0.2) is 0 Å². The normalized spacial score (nSPS) is 16.0. The number of amides is 1. The maximum absolute atomic E-state index is 12.8. The number of H-pyrrole nitrogens is 1. The van der Waals surface area contributed by atoms with Crippen LogP contribution in [0.2, 0.25) is 0 Å². The summed E-state index contributed by atoms with van der Waals surface area (Å²) in [6.45, 7) is 5.37. The highest BCUT2D eigenvalue weighted by molar-refractivity contribution is 5.85. The third-order valence-corrected chi connectivity index (χ3v) is 5.85. The second kappa shape index (κ2) is 8.19. The van der Waals surface area contributed by atoms with Crippen molar-refractivity contribution in [3.63, 3.8) is 0 Å². The Hall–Kier alpha value is -2.95. The number of rotatable bonds is 5. The van der Waals surface area contributed by atoms with Gasteiger partial charge in [-0.2, -0.15) is 0 Å². The first-order chi connectivity index (χ1) is 14.0. The number of fused-ring (bicyclic) bond motifs is 1. The van der Waals surface area contributed by atoms with E-state index < -0.39 is 6.10 Å². The monoisotopic (exact) mass is 392 g/mol. The molecule has 1 fully saturated rings. The Kier molecular flexibility index (Phi) is 5.47. The number of ether oxygens (including phenoxy) is 2. The second-order valence-electron chi connectivity index (χ2n) is 7.83. The van der Waals surface area contributed by atoms with Gasteiger partial charge in [0.2, 0.25) is 0 Å². The molecule has 1 aliphatic rings. The molecule has 1 aliphatic heterocycles. The first-order valence-corrected chi connectivity index (χ1v) is 10.2. The molecule has 29 heavy (non-hydrogen) atoms. The number of carbonyl (C=O) groups excluding carboxylic acids is 1. The predicted octanol–water partition coefficient (Wildman–Crippen LogP) is 4.66. The average molecular weight is 392 g/mol. The molecule has 1 aromatic heterocycles. The summed E-state index contributed by atoms with van der Waals surface area (Å²) < 4.78 is 11.2. The van der Waals surface area contributed by atoms with Crippen LogP contribution >= 0.6 is 0 Å². The zero-order valence-electron chi connectivity index (χ0n) is 17.3. The summed E-state index contributed by atoms with van der Waals surface area (Å²) in [5, 5.41) is 1.21. The smallest absolute Gasteiger partial charge is 0.263 e. The lowest BCUT2D eigenvalue weighted by Gasteiger charge is -2.33. The van der Waals surface area contributed by atoms with Gasteiger partial charge in [0.15, 0.2) is 6.10 Å². The van der Waals surface area contributed by atoms with E-state index in [2.05, 4.69) is 23.3 Å². The zero-order chi connectivity index (χ0) is 20.4. The van der Waals surface area contributed by atoms with Gasteiger partial charge >= 0.3 is 0 Å². The molecule has 1 atom stereocenters. The highest BCUT2D eigenvalue weighted by atomic mass is 16.5. The Morgan fingerprint density at radius 1 is 1.10 bits per heavy atom. The van der Waals surface area contributed by atoms with Gasteiger partial charge in [0.25, 0.3) is 5.91 Å². The maximum atomic E-state index is 12.8. The Bertz CT molecular complexity index is 985. The number of hydrogen-bond acceptors (Lipinski definition) is 3. The van der Waals surface area contributed by atoms with E-state index in [1.165, 1.54) is 16.5 Å². The fourth-order valence-electron chi connectivity index (χ4n) is 4.13. The van der Waals surface area contributed by atoms with Crippen LogP contribution in [0.15, 0.2) is 48.7 Å². The fraction of sp³-hybridized carbons (Fsp3) is 0.375. The van der Waals surface area contributed by atoms with Crippen molar-refractivity contribution in [3.8, 4) is 11.5 Å². The number of nitrogens with one attached hydrogen (secondary N) is 1. The van der Waals surface area contributed by atoms with E-state index in [1.54, 1.807) is 7.11 Å². The molecule has 3 aromatic rings. The van der Waals surface area contributed by atoms with Gasteiger partial charge in [0.1, 0.15) is 11.5 Å². The minimum atomic E-state index is -0.480. The molecular formula is C24H28N2O3. The third-order valence-electron chi connectivity index (χ3n) is 5.85. The molecule has 2 heterocycles. The molecule has 152 valence electrons. The number of hydrogen-bond donors (Lipinski definition) is 1. The number of aryl methyl sites for hydroxylation is 1. The summed E-state index contributed by atoms with van der Waals surface area (Å²) in [4.78, 5) is 18.1. The topological polar surface area (TPSA) is 54.6 Å². The highest BCUT2D eigenvalue weighted by Gasteiger charge is 2.28. The molecule has 4 rings (SSSR count). The predicted molar refractivity (Wildman–Crippen MR) is 115 cm³/mol. The number of aromatic amines is 1. The van der Waals surface area contributed by atoms with Crippen molar-refractivity contribution >= 4 is 16.8 Å². The minimum absolute atomic E-state index is 0.0598. The number of methoxy groups -OCH3 is 1. The first-order valence-electron chi connectivity index (χ1n) is 10.2. The summed E-state index contributed by atoms with van der Waals surface area (Å²) >= 11 is 0. The molecule has 1 saturated heterocycles. The lowest BCUT2D eigenvalue weighted by molar-refractivity contribution is -0.139. The van der Waals surface area contributed by atoms with Crippen LogP contribution in [0.4, 0.5) is 0 Å². The van der Waals surface area contributed by atoms with Gasteiger partial charge in [-0.3, -0.25) is 4.79 Å². The van der Waals surface area contributed by atoms with Crippen molar-refractivity contribution in [2.75, 3.05) is 20.2 Å². The molecular weight excluding hydrogens is 364 g/mol. The largest absolute Gasteiger partial charge is 0.497 e. The molecule has 5 heteroatoms. The Morgan fingerprint density at radius 3 is 2.48 bits per heavy atom. The van der Waals surface area contributed by atoms with E-state index in [-0.39, 0.29) is 5.91 Å². The van der Waals surface area contributed by atoms with Crippen molar-refractivity contribution < 1.29 is 14.3 Å². The van der Waals surface area contributed by atoms with Gasteiger partial charge in [-0.1, -0.05) is 17.7 Å². The average Bonchev–Trinajstić information content (AvgIpc) is 3.18. The van der Waals surface area contributed by atoms with E-state index in [9.17, 15) is 4.79 Å². The molecule has 1 N–H and O–H groups in total. The Labute approximate surface area is 171 Å². The molecule has 0 bridgehead atoms. The van der Waals surface area contributed by atoms with Crippen LogP contribution < -0.4 is 9.47 Å². The summed E-state index contributed by atoms with van der Waals surface area (Å²) in [6.07, 6.45) is 3.53. The van der Waals surface area contributed by atoms with Gasteiger partial charge < -0.3 is 19.4 Å². The number of aromatic nitrogens is 1. The van der Waals surface area contributed by atoms with Crippen molar-refractivity contribution in [2.24, 2.45) is 0 Å². The standard InChI is InChI=1S/C24H28N2O3/c1-16-4-6-19(7-5-16)29-17(2)24(27)26-12-10-18(11-13-26)22-15-25-23-9-8-20(28-3)14-21(22)23/h4-9,14-15,17-18,25H,10-13H2,1-3H3. The maximum Gasteiger partial charge on any atom is 0.263 e. The van der Waals surface area contributed by atoms with E-state index in [0.717, 1.165) is 42.9 Å². The van der Waals surface area contributed by atoms with E-state index in [4.69, 9.17) is 9.47 Å². The van der Waals surface area contributed by atoms with Crippen molar-refractivity contribution in [1.82, 2.24) is 9.88 Å². The van der Waals surface area contributed by atoms with E-state index in [1.807, 2.05) is 49.1 Å². The molecule has 1 amide bonds. The highest BCUT2D eigenvalue weighted by Crippen LogP contribution is 2.34. The molecule has 0 saturated carbocycles. The van der Waals surface area contributed by atoms with Crippen LogP contribution in [0.3, 0.4) is 0 Å². The van der Waals surface area contributed by atoms with Crippen LogP contribution in [0, 0.1) is 6.92 Å². The number of piperidine rings is 1. The molecule has 0 spiro atoms. The lowest BCUT2D eigenvalue weighted by Crippen LogP contribution is -2.44. The van der Waals surface area contributed by atoms with E-state index in [0.29, 0.717) is 5.92 Å². The third kappa shape index (κ3) is 4.09. The van der Waals surface area contributed by atoms with Crippen molar-refractivity contribution in [2.45, 2.75) is 38.7 Å². The van der Waals surface area contributed by atoms with Crippen molar-refractivity contribution in [3.05, 3.63) is 59.8 Å². The Balaban J connectivity index is 1.39. The summed E-state index contributed by atoms with van der Waals surface area (Å²) in [5.74, 6) is 2.10. The molecule has 0 radical (unpaired) electrons. The van der Waals surface area contributed by atoms with Gasteiger partial charge in [-0.15, -0.1) is 0 Å². The van der Waals surface area contributed by atoms with Crippen LogP contribution in [0.5, 0.6) is 11.5 Å². The summed E-state index contributed by atoms with van der Waals surface area (Å²) in [5.41, 5.74) is 3.61.